The Hall–Kier alpha value is -3.59. The maximum absolute atomic E-state index is 12.6. The molecule has 0 saturated heterocycles. The van der Waals surface area contributed by atoms with Gasteiger partial charge in [0, 0.05) is 42.7 Å². The summed E-state index contributed by atoms with van der Waals surface area (Å²) in [6.07, 6.45) is 1.34. The lowest BCUT2D eigenvalue weighted by molar-refractivity contribution is -0.132. The second-order valence-electron chi connectivity index (χ2n) is 10.1. The van der Waals surface area contributed by atoms with E-state index in [0.29, 0.717) is 68.4 Å². The molecule has 1 aliphatic rings. The summed E-state index contributed by atoms with van der Waals surface area (Å²) in [7, 11) is 1.62. The van der Waals surface area contributed by atoms with Crippen molar-refractivity contribution in [2.45, 2.75) is 72.5 Å². The molecule has 0 aromatic heterocycles. The predicted molar refractivity (Wildman–Crippen MR) is 153 cm³/mol. The van der Waals surface area contributed by atoms with Gasteiger partial charge in [-0.15, -0.1) is 0 Å². The molecule has 1 N–H and O–H groups in total. The highest BCUT2D eigenvalue weighted by molar-refractivity contribution is 6.04. The molecule has 212 valence electrons. The van der Waals surface area contributed by atoms with Gasteiger partial charge in [-0.1, -0.05) is 19.1 Å². The van der Waals surface area contributed by atoms with E-state index in [-0.39, 0.29) is 5.91 Å². The van der Waals surface area contributed by atoms with Crippen LogP contribution in [0.4, 0.5) is 10.5 Å². The fourth-order valence-corrected chi connectivity index (χ4v) is 4.49. The van der Waals surface area contributed by atoms with Gasteiger partial charge in [-0.3, -0.25) is 15.0 Å². The number of hydrazone groups is 1. The van der Waals surface area contributed by atoms with Gasteiger partial charge in [0.1, 0.15) is 6.61 Å². The van der Waals surface area contributed by atoms with Crippen LogP contribution in [0.15, 0.2) is 47.6 Å². The van der Waals surface area contributed by atoms with Crippen LogP contribution in [-0.4, -0.2) is 66.6 Å². The van der Waals surface area contributed by atoms with E-state index in [4.69, 9.17) is 14.2 Å². The third kappa shape index (κ3) is 8.71. The average molecular weight is 539 g/mol. The van der Waals surface area contributed by atoms with Crippen LogP contribution >= 0.6 is 0 Å². The number of nitrogens with zero attached hydrogens (tertiary/aromatic N) is 3. The van der Waals surface area contributed by atoms with E-state index in [1.54, 1.807) is 19.2 Å². The number of carbonyl (C=O) groups is 2. The molecule has 0 bridgehead atoms. The van der Waals surface area contributed by atoms with Crippen LogP contribution in [0.25, 0.3) is 0 Å². The van der Waals surface area contributed by atoms with Crippen molar-refractivity contribution in [1.82, 2.24) is 9.91 Å². The summed E-state index contributed by atoms with van der Waals surface area (Å²) in [5, 5.41) is 8.92. The minimum Gasteiger partial charge on any atom is -0.493 e. The lowest BCUT2D eigenvalue weighted by Gasteiger charge is -2.30. The first kappa shape index (κ1) is 30.0. The van der Waals surface area contributed by atoms with Gasteiger partial charge in [-0.25, -0.2) is 9.80 Å². The lowest BCUT2D eigenvalue weighted by atomic mass is 10.0. The van der Waals surface area contributed by atoms with E-state index in [2.05, 4.69) is 49.9 Å². The van der Waals surface area contributed by atoms with Gasteiger partial charge in [0.15, 0.2) is 11.5 Å². The normalized spacial score (nSPS) is 13.6. The molecule has 2 amide bonds. The van der Waals surface area contributed by atoms with Crippen molar-refractivity contribution < 1.29 is 23.8 Å². The first-order valence-corrected chi connectivity index (χ1v) is 13.7. The molecule has 0 aliphatic carbocycles. The van der Waals surface area contributed by atoms with Crippen molar-refractivity contribution in [3.8, 4) is 11.5 Å². The van der Waals surface area contributed by atoms with E-state index in [1.807, 2.05) is 30.3 Å². The minimum atomic E-state index is -0.488. The summed E-state index contributed by atoms with van der Waals surface area (Å²) in [5.41, 5.74) is 3.26. The summed E-state index contributed by atoms with van der Waals surface area (Å²) in [4.78, 5) is 27.1. The first-order chi connectivity index (χ1) is 18.7. The second kappa shape index (κ2) is 14.5. The summed E-state index contributed by atoms with van der Waals surface area (Å²) in [6.45, 7) is 12.5. The Balaban J connectivity index is 1.60. The molecule has 1 aliphatic heterocycles. The number of anilines is 1. The van der Waals surface area contributed by atoms with Gasteiger partial charge < -0.3 is 14.2 Å². The predicted octanol–water partition coefficient (Wildman–Crippen LogP) is 5.68. The number of benzene rings is 2. The molecule has 3 rings (SSSR count). The number of hydrogen-bond donors (Lipinski definition) is 1. The zero-order chi connectivity index (χ0) is 28.4. The van der Waals surface area contributed by atoms with Gasteiger partial charge >= 0.3 is 6.09 Å². The Morgan fingerprint density at radius 3 is 2.38 bits per heavy atom. The molecular formula is C30H42N4O5. The smallest absolute Gasteiger partial charge is 0.411 e. The highest BCUT2D eigenvalue weighted by Crippen LogP contribution is 2.30. The van der Waals surface area contributed by atoms with Crippen LogP contribution in [-0.2, 0) is 16.1 Å². The third-order valence-electron chi connectivity index (χ3n) is 6.51. The molecular weight excluding hydrogens is 496 g/mol. The van der Waals surface area contributed by atoms with Crippen molar-refractivity contribution in [2.24, 2.45) is 5.10 Å². The van der Waals surface area contributed by atoms with E-state index in [9.17, 15) is 9.59 Å². The maximum atomic E-state index is 12.6. The van der Waals surface area contributed by atoms with Crippen LogP contribution < -0.4 is 14.8 Å². The van der Waals surface area contributed by atoms with Gasteiger partial charge in [-0.05, 0) is 70.0 Å². The summed E-state index contributed by atoms with van der Waals surface area (Å²) in [6, 6.07) is 13.8. The van der Waals surface area contributed by atoms with E-state index >= 15 is 0 Å². The van der Waals surface area contributed by atoms with Crippen LogP contribution in [0.1, 0.15) is 65.0 Å². The number of rotatable bonds is 13. The maximum Gasteiger partial charge on any atom is 0.411 e. The number of carbonyl (C=O) groups excluding carboxylic acids is 2. The Morgan fingerprint density at radius 2 is 1.74 bits per heavy atom. The van der Waals surface area contributed by atoms with Crippen molar-refractivity contribution in [1.29, 1.82) is 0 Å². The zero-order valence-corrected chi connectivity index (χ0v) is 24.0. The third-order valence-corrected chi connectivity index (χ3v) is 6.51. The molecule has 9 heteroatoms. The van der Waals surface area contributed by atoms with E-state index < -0.39 is 6.09 Å². The zero-order valence-electron chi connectivity index (χ0n) is 24.0. The fourth-order valence-electron chi connectivity index (χ4n) is 4.49. The molecule has 0 spiro atoms. The number of hydrogen-bond acceptors (Lipinski definition) is 7. The molecule has 2 aromatic rings. The number of ether oxygens (including phenoxy) is 3. The number of amides is 2. The van der Waals surface area contributed by atoms with Crippen molar-refractivity contribution in [3.63, 3.8) is 0 Å². The van der Waals surface area contributed by atoms with E-state index in [1.165, 1.54) is 5.01 Å². The summed E-state index contributed by atoms with van der Waals surface area (Å²) >= 11 is 0. The first-order valence-electron chi connectivity index (χ1n) is 13.7. The molecule has 1 heterocycles. The highest BCUT2D eigenvalue weighted by Gasteiger charge is 2.22. The van der Waals surface area contributed by atoms with Gasteiger partial charge in [0.05, 0.1) is 26.0 Å². The molecule has 0 unspecified atom stereocenters. The molecule has 9 nitrogen and oxygen atoms in total. The van der Waals surface area contributed by atoms with Crippen molar-refractivity contribution in [3.05, 3.63) is 53.6 Å². The Kier molecular flexibility index (Phi) is 11.2. The van der Waals surface area contributed by atoms with Gasteiger partial charge in [0.25, 0.3) is 0 Å². The van der Waals surface area contributed by atoms with Crippen LogP contribution in [0, 0.1) is 0 Å². The molecule has 2 aromatic carbocycles. The standard InChI is InChI=1S/C30H42N4O5/c1-7-17-38-28-19-24(10-14-27(28)37-6)26-13-15-29(35)34(32-26)20-23-8-11-25(12-9-23)31-30(36)39-18-16-33(21(2)3)22(4)5/h8-12,14,19,21-22H,7,13,15-18,20H2,1-6H3,(H,31,36). The Morgan fingerprint density at radius 1 is 1.03 bits per heavy atom. The monoisotopic (exact) mass is 538 g/mol. The quantitative estimate of drug-likeness (QED) is 0.353. The van der Waals surface area contributed by atoms with Crippen LogP contribution in [0.3, 0.4) is 0 Å². The van der Waals surface area contributed by atoms with Crippen molar-refractivity contribution in [2.75, 3.05) is 32.2 Å². The second-order valence-corrected chi connectivity index (χ2v) is 10.1. The largest absolute Gasteiger partial charge is 0.493 e. The fraction of sp³-hybridized carbons (Fsp3) is 0.500. The lowest BCUT2D eigenvalue weighted by Crippen LogP contribution is -2.39. The summed E-state index contributed by atoms with van der Waals surface area (Å²) in [5.74, 6) is 1.31. The highest BCUT2D eigenvalue weighted by atomic mass is 16.5. The van der Waals surface area contributed by atoms with Crippen molar-refractivity contribution >= 4 is 23.4 Å². The van der Waals surface area contributed by atoms with Gasteiger partial charge in [0.2, 0.25) is 5.91 Å². The number of methoxy groups -OCH3 is 1. The molecule has 0 fully saturated rings. The molecule has 39 heavy (non-hydrogen) atoms. The average Bonchev–Trinajstić information content (AvgIpc) is 2.91. The molecule has 0 radical (unpaired) electrons. The Labute approximate surface area is 232 Å². The van der Waals surface area contributed by atoms with E-state index in [0.717, 1.165) is 23.3 Å². The summed E-state index contributed by atoms with van der Waals surface area (Å²) < 4.78 is 16.6. The van der Waals surface area contributed by atoms with Gasteiger partial charge in [-0.2, -0.15) is 5.10 Å². The number of nitrogens with one attached hydrogen (secondary N) is 1. The van der Waals surface area contributed by atoms with Crippen LogP contribution in [0.5, 0.6) is 11.5 Å². The minimum absolute atomic E-state index is 0.0302. The molecule has 0 saturated carbocycles. The molecule has 0 atom stereocenters. The SMILES string of the molecule is CCCOc1cc(C2=NN(Cc3ccc(NC(=O)OCCN(C(C)C)C(C)C)cc3)C(=O)CC2)ccc1OC. The Bertz CT molecular complexity index is 1120. The topological polar surface area (TPSA) is 92.7 Å². The van der Waals surface area contributed by atoms with Crippen LogP contribution in [0.2, 0.25) is 0 Å².